The highest BCUT2D eigenvalue weighted by Gasteiger charge is 2.45. The Hall–Kier alpha value is -2.68. The van der Waals surface area contributed by atoms with Crippen LogP contribution in [0.15, 0.2) is 30.6 Å². The fourth-order valence-electron chi connectivity index (χ4n) is 5.56. The second kappa shape index (κ2) is 9.52. The number of carbonyl (C=O) groups is 1. The summed E-state index contributed by atoms with van der Waals surface area (Å²) in [6.07, 6.45) is 10.1. The van der Waals surface area contributed by atoms with E-state index in [1.807, 2.05) is 49.9 Å². The minimum Gasteiger partial charge on any atom is -0.490 e. The van der Waals surface area contributed by atoms with E-state index in [1.165, 1.54) is 0 Å². The standard InChI is InChI=1S/C25H35N5O4/c1-25(2,3)34-24(31)30-18-4-5-19(30)15-23(14-18)33-22-12-10-21(11-13-22)32-20-8-6-17(7-9-20)29-16-26-27-28-29/h6-9,16,18-19,21-23H,4-5,10-15H2,1-3H3/t18-,19+,21?,22?,23?. The number of ether oxygens (including phenoxy) is 3. The maximum atomic E-state index is 12.7. The van der Waals surface area contributed by atoms with Gasteiger partial charge in [-0.25, -0.2) is 9.48 Å². The molecule has 9 nitrogen and oxygen atoms in total. The number of amides is 1. The van der Waals surface area contributed by atoms with Gasteiger partial charge < -0.3 is 19.1 Å². The van der Waals surface area contributed by atoms with Crippen molar-refractivity contribution in [3.63, 3.8) is 0 Å². The van der Waals surface area contributed by atoms with Crippen LogP contribution in [0.3, 0.4) is 0 Å². The second-order valence-electron chi connectivity index (χ2n) is 10.8. The number of benzene rings is 1. The molecule has 3 heterocycles. The van der Waals surface area contributed by atoms with Crippen molar-refractivity contribution >= 4 is 6.09 Å². The van der Waals surface area contributed by atoms with Gasteiger partial charge in [0.25, 0.3) is 0 Å². The summed E-state index contributed by atoms with van der Waals surface area (Å²) in [6.45, 7) is 5.78. The lowest BCUT2D eigenvalue weighted by atomic mass is 9.93. The molecular weight excluding hydrogens is 434 g/mol. The molecule has 5 rings (SSSR count). The first-order valence-corrected chi connectivity index (χ1v) is 12.5. The van der Waals surface area contributed by atoms with Crippen LogP contribution in [0.1, 0.15) is 72.1 Å². The Morgan fingerprint density at radius 3 is 2.15 bits per heavy atom. The van der Waals surface area contributed by atoms with Gasteiger partial charge in [0.2, 0.25) is 0 Å². The maximum Gasteiger partial charge on any atom is 0.410 e. The molecule has 1 aromatic heterocycles. The van der Waals surface area contributed by atoms with Gasteiger partial charge in [0, 0.05) is 12.1 Å². The van der Waals surface area contributed by atoms with E-state index in [9.17, 15) is 4.79 Å². The Morgan fingerprint density at radius 1 is 0.912 bits per heavy atom. The van der Waals surface area contributed by atoms with Crippen LogP contribution >= 0.6 is 0 Å². The van der Waals surface area contributed by atoms with Crippen LogP contribution in [-0.2, 0) is 9.47 Å². The molecule has 184 valence electrons. The molecule has 2 bridgehead atoms. The number of fused-ring (bicyclic) bond motifs is 2. The van der Waals surface area contributed by atoms with E-state index < -0.39 is 5.60 Å². The quantitative estimate of drug-likeness (QED) is 0.645. The fraction of sp³-hybridized carbons (Fsp3) is 0.680. The van der Waals surface area contributed by atoms with Crippen molar-refractivity contribution in [3.8, 4) is 11.4 Å². The van der Waals surface area contributed by atoms with Crippen molar-refractivity contribution in [2.45, 2.75) is 108 Å². The zero-order valence-corrected chi connectivity index (χ0v) is 20.3. The minimum absolute atomic E-state index is 0.165. The Morgan fingerprint density at radius 2 is 1.56 bits per heavy atom. The van der Waals surface area contributed by atoms with Crippen LogP contribution in [0.2, 0.25) is 0 Å². The molecule has 0 N–H and O–H groups in total. The summed E-state index contributed by atoms with van der Waals surface area (Å²) in [5.74, 6) is 0.868. The number of piperidine rings is 1. The third kappa shape index (κ3) is 5.35. The molecule has 2 saturated heterocycles. The summed E-state index contributed by atoms with van der Waals surface area (Å²) in [5, 5.41) is 11.2. The second-order valence-corrected chi connectivity index (χ2v) is 10.8. The lowest BCUT2D eigenvalue weighted by molar-refractivity contribution is -0.0812. The van der Waals surface area contributed by atoms with E-state index in [1.54, 1.807) is 11.0 Å². The van der Waals surface area contributed by atoms with Crippen LogP contribution in [0.4, 0.5) is 4.79 Å². The van der Waals surface area contributed by atoms with Gasteiger partial charge in [-0.1, -0.05) is 0 Å². The van der Waals surface area contributed by atoms with E-state index in [4.69, 9.17) is 14.2 Å². The summed E-state index contributed by atoms with van der Waals surface area (Å²) < 4.78 is 20.0. The van der Waals surface area contributed by atoms with Crippen molar-refractivity contribution in [2.24, 2.45) is 0 Å². The maximum absolute atomic E-state index is 12.7. The number of hydrogen-bond donors (Lipinski definition) is 0. The van der Waals surface area contributed by atoms with E-state index in [-0.39, 0.29) is 36.5 Å². The van der Waals surface area contributed by atoms with Gasteiger partial charge in [0.15, 0.2) is 0 Å². The normalized spacial score (nSPS) is 29.1. The fourth-order valence-corrected chi connectivity index (χ4v) is 5.56. The highest BCUT2D eigenvalue weighted by Crippen LogP contribution is 2.39. The van der Waals surface area contributed by atoms with Crippen molar-refractivity contribution < 1.29 is 19.0 Å². The first-order chi connectivity index (χ1) is 16.3. The Balaban J connectivity index is 1.07. The molecule has 3 fully saturated rings. The average molecular weight is 470 g/mol. The van der Waals surface area contributed by atoms with Crippen LogP contribution in [0, 0.1) is 0 Å². The van der Waals surface area contributed by atoms with E-state index in [2.05, 4.69) is 15.5 Å². The zero-order valence-electron chi connectivity index (χ0n) is 20.3. The third-order valence-corrected chi connectivity index (χ3v) is 7.05. The van der Waals surface area contributed by atoms with Crippen LogP contribution < -0.4 is 4.74 Å². The van der Waals surface area contributed by atoms with Crippen LogP contribution in [-0.4, -0.2) is 67.2 Å². The number of nitrogens with zero attached hydrogens (tertiary/aromatic N) is 5. The zero-order chi connectivity index (χ0) is 23.7. The SMILES string of the molecule is CC(C)(C)OC(=O)N1[C@@H]2CC[C@H]1CC(OC1CCC(Oc3ccc(-n4cnnn4)cc3)CC1)C2. The smallest absolute Gasteiger partial charge is 0.410 e. The minimum atomic E-state index is -0.457. The topological polar surface area (TPSA) is 91.6 Å². The number of carbonyl (C=O) groups excluding carboxylic acids is 1. The predicted octanol–water partition coefficient (Wildman–Crippen LogP) is 4.30. The Bertz CT molecular complexity index is 937. The number of hydrogen-bond acceptors (Lipinski definition) is 7. The molecule has 0 spiro atoms. The van der Waals surface area contributed by atoms with Gasteiger partial charge in [-0.15, -0.1) is 5.10 Å². The van der Waals surface area contributed by atoms with Gasteiger partial charge in [-0.05, 0) is 107 Å². The summed E-state index contributed by atoms with van der Waals surface area (Å²) in [5.41, 5.74) is 0.447. The molecule has 1 aliphatic carbocycles. The molecule has 2 aromatic rings. The predicted molar refractivity (Wildman–Crippen MR) is 125 cm³/mol. The summed E-state index contributed by atoms with van der Waals surface area (Å²) in [7, 11) is 0. The molecule has 3 atom stereocenters. The molecule has 1 unspecified atom stereocenters. The van der Waals surface area contributed by atoms with Crippen molar-refractivity contribution in [3.05, 3.63) is 30.6 Å². The largest absolute Gasteiger partial charge is 0.490 e. The Kier molecular flexibility index (Phi) is 6.46. The first-order valence-electron chi connectivity index (χ1n) is 12.5. The lowest BCUT2D eigenvalue weighted by Crippen LogP contribution is -2.50. The summed E-state index contributed by atoms with van der Waals surface area (Å²) in [6, 6.07) is 8.34. The van der Waals surface area contributed by atoms with E-state index >= 15 is 0 Å². The molecule has 3 aliphatic rings. The molecule has 34 heavy (non-hydrogen) atoms. The van der Waals surface area contributed by atoms with Crippen LogP contribution in [0.25, 0.3) is 5.69 Å². The van der Waals surface area contributed by atoms with Gasteiger partial charge in [0.1, 0.15) is 17.7 Å². The highest BCUT2D eigenvalue weighted by atomic mass is 16.6. The van der Waals surface area contributed by atoms with Gasteiger partial charge in [-0.3, -0.25) is 0 Å². The molecule has 1 aromatic carbocycles. The average Bonchev–Trinajstić information content (AvgIpc) is 3.41. The first kappa shape index (κ1) is 23.1. The van der Waals surface area contributed by atoms with E-state index in [0.717, 1.165) is 62.8 Å². The van der Waals surface area contributed by atoms with Crippen LogP contribution in [0.5, 0.6) is 5.75 Å². The van der Waals surface area contributed by atoms with Gasteiger partial charge in [0.05, 0.1) is 24.0 Å². The molecular formula is C25H35N5O4. The summed E-state index contributed by atoms with van der Waals surface area (Å²) in [4.78, 5) is 14.7. The summed E-state index contributed by atoms with van der Waals surface area (Å²) >= 11 is 0. The number of aromatic nitrogens is 4. The lowest BCUT2D eigenvalue weighted by Gasteiger charge is -2.41. The molecule has 9 heteroatoms. The monoisotopic (exact) mass is 469 g/mol. The molecule has 2 aliphatic heterocycles. The highest BCUT2D eigenvalue weighted by molar-refractivity contribution is 5.69. The van der Waals surface area contributed by atoms with Crippen molar-refractivity contribution in [1.29, 1.82) is 0 Å². The van der Waals surface area contributed by atoms with E-state index in [0.29, 0.717) is 0 Å². The Labute approximate surface area is 200 Å². The van der Waals surface area contributed by atoms with Crippen molar-refractivity contribution in [1.82, 2.24) is 25.1 Å². The van der Waals surface area contributed by atoms with Gasteiger partial charge >= 0.3 is 6.09 Å². The number of tetrazole rings is 1. The van der Waals surface area contributed by atoms with Crippen molar-refractivity contribution in [2.75, 3.05) is 0 Å². The third-order valence-electron chi connectivity index (χ3n) is 7.05. The molecule has 1 saturated carbocycles. The molecule has 1 amide bonds. The molecule has 0 radical (unpaired) electrons. The van der Waals surface area contributed by atoms with Gasteiger partial charge in [-0.2, -0.15) is 0 Å². The number of rotatable bonds is 5.